The van der Waals surface area contributed by atoms with Crippen molar-refractivity contribution in [3.05, 3.63) is 101 Å². The van der Waals surface area contributed by atoms with Gasteiger partial charge in [-0.15, -0.1) is 0 Å². The number of nitrogens with zero attached hydrogens (tertiary/aromatic N) is 6. The van der Waals surface area contributed by atoms with E-state index < -0.39 is 29.7 Å². The van der Waals surface area contributed by atoms with Gasteiger partial charge in [-0.1, -0.05) is 30.3 Å². The highest BCUT2D eigenvalue weighted by Crippen LogP contribution is 2.43. The SMILES string of the molecule is COC(=O)CN(C)Cc1nc(C(F)(F)F)c(N[C@H]2CCc3c(-c4cccc5c4ccn5-c4nccc5cc(C=O)cnc45)cccc32)nc1OC. The van der Waals surface area contributed by atoms with Crippen LogP contribution in [0.15, 0.2) is 73.2 Å². The number of benzene rings is 2. The molecule has 260 valence electrons. The van der Waals surface area contributed by atoms with Crippen molar-refractivity contribution in [1.82, 2.24) is 29.4 Å². The first kappa shape index (κ1) is 33.6. The van der Waals surface area contributed by atoms with Crippen LogP contribution in [-0.4, -0.2) is 69.5 Å². The second-order valence-corrected chi connectivity index (χ2v) is 12.2. The van der Waals surface area contributed by atoms with Gasteiger partial charge in [0.2, 0.25) is 5.88 Å². The van der Waals surface area contributed by atoms with Crippen molar-refractivity contribution in [2.24, 2.45) is 0 Å². The van der Waals surface area contributed by atoms with Crippen LogP contribution in [0.5, 0.6) is 5.88 Å². The van der Waals surface area contributed by atoms with E-state index >= 15 is 0 Å². The molecule has 2 aromatic carbocycles. The molecule has 7 rings (SSSR count). The van der Waals surface area contributed by atoms with E-state index in [0.29, 0.717) is 29.7 Å². The van der Waals surface area contributed by atoms with Crippen LogP contribution in [0.25, 0.3) is 38.8 Å². The van der Waals surface area contributed by atoms with E-state index in [9.17, 15) is 22.8 Å². The van der Waals surface area contributed by atoms with E-state index in [4.69, 9.17) is 4.74 Å². The number of halogens is 3. The van der Waals surface area contributed by atoms with Crippen LogP contribution in [0.2, 0.25) is 0 Å². The molecule has 0 saturated carbocycles. The molecule has 14 heteroatoms. The van der Waals surface area contributed by atoms with E-state index in [1.807, 2.05) is 59.3 Å². The molecule has 0 aliphatic heterocycles. The highest BCUT2D eigenvalue weighted by molar-refractivity contribution is 5.99. The zero-order valence-corrected chi connectivity index (χ0v) is 27.9. The van der Waals surface area contributed by atoms with E-state index in [1.165, 1.54) is 25.3 Å². The molecular weight excluding hydrogens is 663 g/mol. The van der Waals surface area contributed by atoms with Crippen LogP contribution in [0, 0.1) is 0 Å². The Hall–Kier alpha value is -5.89. The average molecular weight is 696 g/mol. The molecule has 11 nitrogen and oxygen atoms in total. The molecule has 0 amide bonds. The summed E-state index contributed by atoms with van der Waals surface area (Å²) in [6, 6.07) is 17.0. The fraction of sp³-hybridized carbons (Fsp3) is 0.243. The highest BCUT2D eigenvalue weighted by atomic mass is 19.4. The van der Waals surface area contributed by atoms with Gasteiger partial charge in [-0.2, -0.15) is 18.2 Å². The molecular formula is C37H32F3N7O4. The molecule has 4 heterocycles. The van der Waals surface area contributed by atoms with Gasteiger partial charge in [-0.25, -0.2) is 9.97 Å². The van der Waals surface area contributed by atoms with E-state index in [1.54, 1.807) is 19.3 Å². The number of carbonyl (C=O) groups is 2. The Morgan fingerprint density at radius 3 is 2.65 bits per heavy atom. The van der Waals surface area contributed by atoms with E-state index in [0.717, 1.165) is 44.8 Å². The number of pyridine rings is 2. The van der Waals surface area contributed by atoms with Gasteiger partial charge >= 0.3 is 12.1 Å². The third kappa shape index (κ3) is 6.34. The number of aromatic nitrogens is 5. The van der Waals surface area contributed by atoms with Crippen molar-refractivity contribution in [1.29, 1.82) is 0 Å². The number of methoxy groups -OCH3 is 2. The number of ether oxygens (including phenoxy) is 2. The van der Waals surface area contributed by atoms with Crippen molar-refractivity contribution in [2.75, 3.05) is 33.1 Å². The number of fused-ring (bicyclic) bond motifs is 3. The Kier molecular flexibility index (Phi) is 8.85. The number of likely N-dealkylation sites (N-methyl/N-ethyl adjacent to an activating group) is 1. The van der Waals surface area contributed by atoms with Gasteiger partial charge in [0.05, 0.1) is 32.3 Å². The lowest BCUT2D eigenvalue weighted by molar-refractivity contribution is -0.142. The normalized spacial score (nSPS) is 14.2. The van der Waals surface area contributed by atoms with E-state index in [2.05, 4.69) is 30.0 Å². The van der Waals surface area contributed by atoms with Gasteiger partial charge in [0.15, 0.2) is 23.6 Å². The summed E-state index contributed by atoms with van der Waals surface area (Å²) in [6.45, 7) is -0.269. The van der Waals surface area contributed by atoms with Gasteiger partial charge in [-0.3, -0.25) is 24.0 Å². The van der Waals surface area contributed by atoms with Crippen LogP contribution >= 0.6 is 0 Å². The second-order valence-electron chi connectivity index (χ2n) is 12.2. The lowest BCUT2D eigenvalue weighted by Crippen LogP contribution is -2.28. The molecule has 0 spiro atoms. The van der Waals surface area contributed by atoms with Crippen molar-refractivity contribution >= 4 is 39.9 Å². The van der Waals surface area contributed by atoms with Gasteiger partial charge in [0.1, 0.15) is 11.2 Å². The summed E-state index contributed by atoms with van der Waals surface area (Å²) in [4.78, 5) is 41.8. The Morgan fingerprint density at radius 1 is 1.08 bits per heavy atom. The molecule has 0 bridgehead atoms. The molecule has 0 radical (unpaired) electrons. The Bertz CT molecular complexity index is 2310. The van der Waals surface area contributed by atoms with Crippen molar-refractivity contribution in [2.45, 2.75) is 31.6 Å². The number of carbonyl (C=O) groups excluding carboxylic acids is 2. The minimum atomic E-state index is -4.81. The minimum absolute atomic E-state index is 0.0592. The lowest BCUT2D eigenvalue weighted by atomic mass is 9.94. The zero-order chi connectivity index (χ0) is 35.9. The molecule has 1 N–H and O–H groups in total. The quantitative estimate of drug-likeness (QED) is 0.124. The number of alkyl halides is 3. The van der Waals surface area contributed by atoms with Gasteiger partial charge in [-0.05, 0) is 66.4 Å². The van der Waals surface area contributed by atoms with Crippen LogP contribution < -0.4 is 10.1 Å². The van der Waals surface area contributed by atoms with Crippen molar-refractivity contribution in [3.8, 4) is 22.8 Å². The molecule has 4 aromatic heterocycles. The summed E-state index contributed by atoms with van der Waals surface area (Å²) in [7, 11) is 4.10. The van der Waals surface area contributed by atoms with Crippen LogP contribution in [-0.2, 0) is 28.7 Å². The summed E-state index contributed by atoms with van der Waals surface area (Å²) >= 11 is 0. The largest absolute Gasteiger partial charge is 0.480 e. The van der Waals surface area contributed by atoms with Gasteiger partial charge in [0.25, 0.3) is 0 Å². The predicted molar refractivity (Wildman–Crippen MR) is 184 cm³/mol. The lowest BCUT2D eigenvalue weighted by Gasteiger charge is -2.22. The Balaban J connectivity index is 1.23. The molecule has 0 fully saturated rings. The molecule has 0 saturated heterocycles. The van der Waals surface area contributed by atoms with Gasteiger partial charge in [0, 0.05) is 41.5 Å². The smallest absolute Gasteiger partial charge is 0.437 e. The maximum atomic E-state index is 14.4. The van der Waals surface area contributed by atoms with Gasteiger partial charge < -0.3 is 14.8 Å². The van der Waals surface area contributed by atoms with Crippen molar-refractivity contribution in [3.63, 3.8) is 0 Å². The molecule has 1 aliphatic carbocycles. The number of nitrogens with one attached hydrogen (secondary N) is 1. The fourth-order valence-corrected chi connectivity index (χ4v) is 6.73. The Morgan fingerprint density at radius 2 is 1.88 bits per heavy atom. The number of hydrogen-bond acceptors (Lipinski definition) is 10. The topological polar surface area (TPSA) is 124 Å². The van der Waals surface area contributed by atoms with Crippen LogP contribution in [0.3, 0.4) is 0 Å². The molecule has 51 heavy (non-hydrogen) atoms. The standard InChI is InChI=1S/C37H32F3N7O4/c1-46(19-31(49)50-2)18-29-36(51-3)45-34(33(43-29)37(38,39)40)44-28-11-10-25-23(6-4-8-26(25)28)24-7-5-9-30-27(24)13-15-47(30)35-32-22(12-14-41-35)16-21(20-48)17-42-32/h4-9,12-17,20,28H,10-11,18-19H2,1-3H3,(H,44,45)/t28-/m0/s1. The number of hydrogen-bond donors (Lipinski definition) is 1. The Labute approximate surface area is 290 Å². The molecule has 1 aliphatic rings. The summed E-state index contributed by atoms with van der Waals surface area (Å²) in [5.41, 5.74) is 4.63. The third-order valence-corrected chi connectivity index (χ3v) is 9.01. The zero-order valence-electron chi connectivity index (χ0n) is 27.9. The maximum Gasteiger partial charge on any atom is 0.437 e. The molecule has 1 atom stereocenters. The summed E-state index contributed by atoms with van der Waals surface area (Å²) in [5.74, 6) is -0.429. The summed E-state index contributed by atoms with van der Waals surface area (Å²) in [6.07, 6.45) is 2.24. The van der Waals surface area contributed by atoms with Crippen molar-refractivity contribution < 1.29 is 32.2 Å². The minimum Gasteiger partial charge on any atom is -0.480 e. The first-order chi connectivity index (χ1) is 24.6. The predicted octanol–water partition coefficient (Wildman–Crippen LogP) is 6.57. The number of rotatable bonds is 10. The van der Waals surface area contributed by atoms with Crippen LogP contribution in [0.4, 0.5) is 19.0 Å². The number of anilines is 1. The maximum absolute atomic E-state index is 14.4. The van der Waals surface area contributed by atoms with Crippen LogP contribution in [0.1, 0.15) is 45.3 Å². The van der Waals surface area contributed by atoms with E-state index in [-0.39, 0.29) is 24.7 Å². The highest BCUT2D eigenvalue weighted by Gasteiger charge is 2.39. The first-order valence-electron chi connectivity index (χ1n) is 16.1. The number of aldehydes is 1. The monoisotopic (exact) mass is 695 g/mol. The summed E-state index contributed by atoms with van der Waals surface area (Å²) < 4.78 is 55.2. The second kappa shape index (κ2) is 13.4. The third-order valence-electron chi connectivity index (χ3n) is 9.01. The molecule has 0 unspecified atom stereocenters. The first-order valence-corrected chi connectivity index (χ1v) is 16.1. The average Bonchev–Trinajstić information content (AvgIpc) is 3.75. The fourth-order valence-electron chi connectivity index (χ4n) is 6.73. The summed E-state index contributed by atoms with van der Waals surface area (Å²) in [5, 5.41) is 4.79. The number of esters is 1. The molecule has 6 aromatic rings.